The molecule has 0 unspecified atom stereocenters. The minimum atomic E-state index is -0.213. The third kappa shape index (κ3) is 3.52. The Balaban J connectivity index is 2.22. The van der Waals surface area contributed by atoms with Crippen LogP contribution in [0.2, 0.25) is 0 Å². The van der Waals surface area contributed by atoms with Crippen LogP contribution in [0, 0.1) is 0 Å². The van der Waals surface area contributed by atoms with Gasteiger partial charge in [0.1, 0.15) is 0 Å². The van der Waals surface area contributed by atoms with Crippen molar-refractivity contribution in [3.63, 3.8) is 0 Å². The second kappa shape index (κ2) is 5.67. The highest BCUT2D eigenvalue weighted by Gasteiger charge is 2.16. The number of aromatic nitrogens is 2. The minimum Gasteiger partial charge on any atom is -0.348 e. The molecule has 1 aromatic heterocycles. The number of rotatable bonds is 4. The largest absolute Gasteiger partial charge is 0.348 e. The first-order valence-electron chi connectivity index (χ1n) is 6.07. The van der Waals surface area contributed by atoms with E-state index in [1.807, 2.05) is 50.5 Å². The molecule has 1 heterocycles. The molecule has 0 fully saturated rings. The van der Waals surface area contributed by atoms with Gasteiger partial charge in [0.15, 0.2) is 0 Å². The van der Waals surface area contributed by atoms with Gasteiger partial charge in [-0.1, -0.05) is 34.1 Å². The number of benzene rings is 1. The summed E-state index contributed by atoms with van der Waals surface area (Å²) < 4.78 is 1.03. The second-order valence-electron chi connectivity index (χ2n) is 4.99. The smallest absolute Gasteiger partial charge is 0.223 e. The third-order valence-electron chi connectivity index (χ3n) is 2.80. The number of nitrogens with one attached hydrogen (secondary N) is 1. The number of nitrogens with two attached hydrogens (primary N) is 1. The standard InChI is InChI=1S/C14H17BrN4/c1-14(2,9-16)19-13-17-7-10(8-18-13)11-5-3-4-6-12(11)15/h3-8H,9,16H2,1-2H3,(H,17,18,19). The van der Waals surface area contributed by atoms with Crippen LogP contribution in [0.4, 0.5) is 5.95 Å². The monoisotopic (exact) mass is 320 g/mol. The van der Waals surface area contributed by atoms with Crippen LogP contribution in [0.5, 0.6) is 0 Å². The van der Waals surface area contributed by atoms with Gasteiger partial charge in [-0.2, -0.15) is 0 Å². The highest BCUT2D eigenvalue weighted by Crippen LogP contribution is 2.27. The van der Waals surface area contributed by atoms with Crippen LogP contribution in [-0.4, -0.2) is 22.1 Å². The summed E-state index contributed by atoms with van der Waals surface area (Å²) in [6.45, 7) is 4.54. The molecule has 0 spiro atoms. The van der Waals surface area contributed by atoms with Crippen molar-refractivity contribution in [2.24, 2.45) is 5.73 Å². The first-order valence-corrected chi connectivity index (χ1v) is 6.86. The van der Waals surface area contributed by atoms with E-state index in [1.165, 1.54) is 0 Å². The lowest BCUT2D eigenvalue weighted by atomic mass is 10.1. The molecule has 0 radical (unpaired) electrons. The van der Waals surface area contributed by atoms with Crippen LogP contribution < -0.4 is 11.1 Å². The number of hydrogen-bond acceptors (Lipinski definition) is 4. The molecule has 0 aliphatic rings. The van der Waals surface area contributed by atoms with Crippen LogP contribution in [-0.2, 0) is 0 Å². The van der Waals surface area contributed by atoms with Crippen molar-refractivity contribution in [3.05, 3.63) is 41.1 Å². The lowest BCUT2D eigenvalue weighted by Gasteiger charge is -2.23. The Morgan fingerprint density at radius 2 is 1.84 bits per heavy atom. The van der Waals surface area contributed by atoms with Gasteiger partial charge in [0.2, 0.25) is 5.95 Å². The highest BCUT2D eigenvalue weighted by molar-refractivity contribution is 9.10. The number of anilines is 1. The summed E-state index contributed by atoms with van der Waals surface area (Å²) in [7, 11) is 0. The molecule has 19 heavy (non-hydrogen) atoms. The third-order valence-corrected chi connectivity index (χ3v) is 3.49. The summed E-state index contributed by atoms with van der Waals surface area (Å²) in [6.07, 6.45) is 3.62. The molecule has 2 rings (SSSR count). The average molecular weight is 321 g/mol. The van der Waals surface area contributed by atoms with Crippen molar-refractivity contribution in [3.8, 4) is 11.1 Å². The molecule has 0 saturated heterocycles. The van der Waals surface area contributed by atoms with Gasteiger partial charge in [-0.15, -0.1) is 0 Å². The van der Waals surface area contributed by atoms with Crippen molar-refractivity contribution in [2.75, 3.05) is 11.9 Å². The van der Waals surface area contributed by atoms with Gasteiger partial charge in [-0.25, -0.2) is 9.97 Å². The van der Waals surface area contributed by atoms with Gasteiger partial charge in [0.05, 0.1) is 0 Å². The average Bonchev–Trinajstić information content (AvgIpc) is 2.40. The van der Waals surface area contributed by atoms with Gasteiger partial charge < -0.3 is 11.1 Å². The van der Waals surface area contributed by atoms with Crippen LogP contribution >= 0.6 is 15.9 Å². The fourth-order valence-electron chi connectivity index (χ4n) is 1.58. The molecular formula is C14H17BrN4. The Morgan fingerprint density at radius 1 is 1.21 bits per heavy atom. The second-order valence-corrected chi connectivity index (χ2v) is 5.84. The van der Waals surface area contributed by atoms with Crippen molar-refractivity contribution in [1.29, 1.82) is 0 Å². The molecule has 1 aromatic carbocycles. The molecular weight excluding hydrogens is 304 g/mol. The molecule has 0 amide bonds. The van der Waals surface area contributed by atoms with Gasteiger partial charge in [-0.05, 0) is 25.5 Å². The quantitative estimate of drug-likeness (QED) is 0.908. The maximum atomic E-state index is 5.67. The predicted molar refractivity (Wildman–Crippen MR) is 81.9 cm³/mol. The zero-order chi connectivity index (χ0) is 13.9. The molecule has 0 atom stereocenters. The van der Waals surface area contributed by atoms with Crippen molar-refractivity contribution in [1.82, 2.24) is 9.97 Å². The maximum absolute atomic E-state index is 5.67. The van der Waals surface area contributed by atoms with Crippen LogP contribution in [0.3, 0.4) is 0 Å². The lowest BCUT2D eigenvalue weighted by molar-refractivity contribution is 0.574. The fourth-order valence-corrected chi connectivity index (χ4v) is 2.09. The zero-order valence-electron chi connectivity index (χ0n) is 11.0. The first-order chi connectivity index (χ1) is 9.02. The summed E-state index contributed by atoms with van der Waals surface area (Å²) in [5, 5.41) is 3.20. The Bertz CT molecular complexity index is 552. The molecule has 0 bridgehead atoms. The van der Waals surface area contributed by atoms with Gasteiger partial charge in [-0.3, -0.25) is 0 Å². The zero-order valence-corrected chi connectivity index (χ0v) is 12.6. The van der Waals surface area contributed by atoms with E-state index in [0.29, 0.717) is 12.5 Å². The van der Waals surface area contributed by atoms with E-state index in [9.17, 15) is 0 Å². The number of hydrogen-bond donors (Lipinski definition) is 2. The van der Waals surface area contributed by atoms with Crippen molar-refractivity contribution < 1.29 is 0 Å². The lowest BCUT2D eigenvalue weighted by Crippen LogP contribution is -2.39. The van der Waals surface area contributed by atoms with Crippen molar-refractivity contribution in [2.45, 2.75) is 19.4 Å². The molecule has 0 saturated carbocycles. The number of halogens is 1. The van der Waals surface area contributed by atoms with Crippen molar-refractivity contribution >= 4 is 21.9 Å². The Kier molecular flexibility index (Phi) is 4.17. The highest BCUT2D eigenvalue weighted by atomic mass is 79.9. The maximum Gasteiger partial charge on any atom is 0.223 e. The SMILES string of the molecule is CC(C)(CN)Nc1ncc(-c2ccccc2Br)cn1. The molecule has 0 aliphatic carbocycles. The van der Waals surface area contributed by atoms with Gasteiger partial charge in [0.25, 0.3) is 0 Å². The molecule has 4 nitrogen and oxygen atoms in total. The van der Waals surface area contributed by atoms with Gasteiger partial charge >= 0.3 is 0 Å². The Morgan fingerprint density at radius 3 is 2.42 bits per heavy atom. The summed E-state index contributed by atoms with van der Waals surface area (Å²) in [6, 6.07) is 8.00. The fraction of sp³-hybridized carbons (Fsp3) is 0.286. The van der Waals surface area contributed by atoms with E-state index in [0.717, 1.165) is 15.6 Å². The van der Waals surface area contributed by atoms with Crippen LogP contribution in [0.25, 0.3) is 11.1 Å². The summed E-state index contributed by atoms with van der Waals surface area (Å²) >= 11 is 3.52. The van der Waals surface area contributed by atoms with Crippen LogP contribution in [0.1, 0.15) is 13.8 Å². The van der Waals surface area contributed by atoms with E-state index >= 15 is 0 Å². The predicted octanol–water partition coefficient (Wildman–Crippen LogP) is 3.06. The normalized spacial score (nSPS) is 11.4. The molecule has 100 valence electrons. The number of nitrogens with zero attached hydrogens (tertiary/aromatic N) is 2. The Labute approximate surface area is 121 Å². The summed E-state index contributed by atoms with van der Waals surface area (Å²) in [4.78, 5) is 8.66. The summed E-state index contributed by atoms with van der Waals surface area (Å²) in [5.41, 5.74) is 7.51. The minimum absolute atomic E-state index is 0.213. The van der Waals surface area contributed by atoms with Gasteiger partial charge in [0, 0.05) is 34.5 Å². The van der Waals surface area contributed by atoms with Crippen LogP contribution in [0.15, 0.2) is 41.1 Å². The van der Waals surface area contributed by atoms with E-state index in [-0.39, 0.29) is 5.54 Å². The Hall–Kier alpha value is -1.46. The van der Waals surface area contributed by atoms with E-state index in [4.69, 9.17) is 5.73 Å². The van der Waals surface area contributed by atoms with E-state index in [1.54, 1.807) is 0 Å². The first kappa shape index (κ1) is 14.0. The molecule has 0 aliphatic heterocycles. The van der Waals surface area contributed by atoms with E-state index < -0.39 is 0 Å². The summed E-state index contributed by atoms with van der Waals surface area (Å²) in [5.74, 6) is 0.589. The molecule has 2 aromatic rings. The molecule has 5 heteroatoms. The topological polar surface area (TPSA) is 63.8 Å². The molecule has 3 N–H and O–H groups in total. The van der Waals surface area contributed by atoms with E-state index in [2.05, 4.69) is 31.2 Å².